The second kappa shape index (κ2) is 6.30. The SMILES string of the molecule is CCC(C)CN(CC)C(=O)CCl. The number of halogens is 1. The third kappa shape index (κ3) is 3.96. The highest BCUT2D eigenvalue weighted by Gasteiger charge is 2.12. The number of carbonyl (C=O) groups is 1. The molecule has 0 aromatic heterocycles. The van der Waals surface area contributed by atoms with Crippen LogP contribution in [0.15, 0.2) is 0 Å². The number of carbonyl (C=O) groups excluding carboxylic acids is 1. The van der Waals surface area contributed by atoms with E-state index in [0.29, 0.717) is 5.92 Å². The summed E-state index contributed by atoms with van der Waals surface area (Å²) in [4.78, 5) is 13.0. The highest BCUT2D eigenvalue weighted by atomic mass is 35.5. The Labute approximate surface area is 79.9 Å². The summed E-state index contributed by atoms with van der Waals surface area (Å²) >= 11 is 5.46. The number of amides is 1. The predicted octanol–water partition coefficient (Wildman–Crippen LogP) is 2.12. The molecule has 1 atom stereocenters. The van der Waals surface area contributed by atoms with Crippen LogP contribution < -0.4 is 0 Å². The molecule has 1 amide bonds. The van der Waals surface area contributed by atoms with E-state index in [9.17, 15) is 4.79 Å². The normalized spacial score (nSPS) is 12.7. The molecule has 0 rings (SSSR count). The molecule has 2 nitrogen and oxygen atoms in total. The zero-order valence-electron chi connectivity index (χ0n) is 8.14. The highest BCUT2D eigenvalue weighted by Crippen LogP contribution is 2.04. The van der Waals surface area contributed by atoms with E-state index in [4.69, 9.17) is 11.6 Å². The number of alkyl halides is 1. The molecule has 0 saturated carbocycles. The summed E-state index contributed by atoms with van der Waals surface area (Å²) in [6, 6.07) is 0. The minimum atomic E-state index is 0.0412. The lowest BCUT2D eigenvalue weighted by Gasteiger charge is -2.22. The summed E-state index contributed by atoms with van der Waals surface area (Å²) in [5, 5.41) is 0. The topological polar surface area (TPSA) is 20.3 Å². The molecule has 0 saturated heterocycles. The maximum atomic E-state index is 11.2. The first-order valence-electron chi connectivity index (χ1n) is 4.49. The Bertz CT molecular complexity index is 138. The van der Waals surface area contributed by atoms with Crippen molar-refractivity contribution in [1.82, 2.24) is 4.90 Å². The van der Waals surface area contributed by atoms with Crippen LogP contribution in [-0.2, 0) is 4.79 Å². The average molecular weight is 192 g/mol. The van der Waals surface area contributed by atoms with Crippen LogP contribution >= 0.6 is 11.6 Å². The van der Waals surface area contributed by atoms with Crippen molar-refractivity contribution in [2.75, 3.05) is 19.0 Å². The van der Waals surface area contributed by atoms with Gasteiger partial charge in [0.2, 0.25) is 5.91 Å². The molecule has 12 heavy (non-hydrogen) atoms. The Morgan fingerprint density at radius 1 is 1.50 bits per heavy atom. The van der Waals surface area contributed by atoms with Gasteiger partial charge in [0, 0.05) is 13.1 Å². The minimum Gasteiger partial charge on any atom is -0.342 e. The summed E-state index contributed by atoms with van der Waals surface area (Å²) < 4.78 is 0. The molecule has 0 radical (unpaired) electrons. The second-order valence-electron chi connectivity index (χ2n) is 3.08. The fourth-order valence-corrected chi connectivity index (χ4v) is 1.17. The first-order chi connectivity index (χ1) is 5.65. The summed E-state index contributed by atoms with van der Waals surface area (Å²) in [6.07, 6.45) is 1.10. The number of hydrogen-bond acceptors (Lipinski definition) is 1. The van der Waals surface area contributed by atoms with E-state index in [2.05, 4.69) is 13.8 Å². The van der Waals surface area contributed by atoms with Crippen molar-refractivity contribution in [3.8, 4) is 0 Å². The van der Waals surface area contributed by atoms with E-state index < -0.39 is 0 Å². The fourth-order valence-electron chi connectivity index (χ4n) is 0.997. The lowest BCUT2D eigenvalue weighted by atomic mass is 10.1. The molecular formula is C9H18ClNO. The first-order valence-corrected chi connectivity index (χ1v) is 5.02. The van der Waals surface area contributed by atoms with Crippen molar-refractivity contribution < 1.29 is 4.79 Å². The molecular weight excluding hydrogens is 174 g/mol. The Morgan fingerprint density at radius 2 is 2.08 bits per heavy atom. The monoisotopic (exact) mass is 191 g/mol. The number of rotatable bonds is 5. The molecule has 0 heterocycles. The van der Waals surface area contributed by atoms with Crippen molar-refractivity contribution in [2.45, 2.75) is 27.2 Å². The molecule has 0 aliphatic carbocycles. The van der Waals surface area contributed by atoms with Crippen molar-refractivity contribution in [2.24, 2.45) is 5.92 Å². The van der Waals surface area contributed by atoms with Gasteiger partial charge in [-0.05, 0) is 12.8 Å². The van der Waals surface area contributed by atoms with Gasteiger partial charge >= 0.3 is 0 Å². The summed E-state index contributed by atoms with van der Waals surface area (Å²) in [5.74, 6) is 0.709. The van der Waals surface area contributed by atoms with Crippen LogP contribution in [0.3, 0.4) is 0 Å². The molecule has 0 aromatic carbocycles. The molecule has 0 spiro atoms. The van der Waals surface area contributed by atoms with Crippen molar-refractivity contribution >= 4 is 17.5 Å². The predicted molar refractivity (Wildman–Crippen MR) is 52.4 cm³/mol. The van der Waals surface area contributed by atoms with Crippen LogP contribution in [0.5, 0.6) is 0 Å². The molecule has 1 unspecified atom stereocenters. The first kappa shape index (κ1) is 11.8. The maximum Gasteiger partial charge on any atom is 0.237 e. The van der Waals surface area contributed by atoms with E-state index in [1.54, 1.807) is 4.90 Å². The van der Waals surface area contributed by atoms with Crippen molar-refractivity contribution in [1.29, 1.82) is 0 Å². The van der Waals surface area contributed by atoms with Gasteiger partial charge in [0.1, 0.15) is 5.88 Å². The van der Waals surface area contributed by atoms with Gasteiger partial charge in [0.05, 0.1) is 0 Å². The Balaban J connectivity index is 3.90. The standard InChI is InChI=1S/C9H18ClNO/c1-4-8(3)7-11(5-2)9(12)6-10/h8H,4-7H2,1-3H3. The van der Waals surface area contributed by atoms with Crippen LogP contribution in [-0.4, -0.2) is 29.8 Å². The van der Waals surface area contributed by atoms with E-state index in [-0.39, 0.29) is 11.8 Å². The molecule has 0 aromatic rings. The fraction of sp³-hybridized carbons (Fsp3) is 0.889. The molecule has 3 heteroatoms. The third-order valence-electron chi connectivity index (χ3n) is 2.08. The van der Waals surface area contributed by atoms with Crippen molar-refractivity contribution in [3.05, 3.63) is 0 Å². The summed E-state index contributed by atoms with van der Waals surface area (Å²) in [6.45, 7) is 7.84. The van der Waals surface area contributed by atoms with Crippen LogP contribution in [0.4, 0.5) is 0 Å². The lowest BCUT2D eigenvalue weighted by Crippen LogP contribution is -2.35. The van der Waals surface area contributed by atoms with Gasteiger partial charge in [-0.2, -0.15) is 0 Å². The van der Waals surface area contributed by atoms with Crippen LogP contribution in [0.1, 0.15) is 27.2 Å². The molecule has 0 N–H and O–H groups in total. The molecule has 0 aliphatic rings. The maximum absolute atomic E-state index is 11.2. The Hall–Kier alpha value is -0.240. The summed E-state index contributed by atoms with van der Waals surface area (Å²) in [7, 11) is 0. The smallest absolute Gasteiger partial charge is 0.237 e. The minimum absolute atomic E-state index is 0.0412. The van der Waals surface area contributed by atoms with Gasteiger partial charge in [-0.1, -0.05) is 20.3 Å². The molecule has 0 aliphatic heterocycles. The second-order valence-corrected chi connectivity index (χ2v) is 3.35. The van der Waals surface area contributed by atoms with Crippen LogP contribution in [0.2, 0.25) is 0 Å². The van der Waals surface area contributed by atoms with E-state index >= 15 is 0 Å². The van der Waals surface area contributed by atoms with Crippen LogP contribution in [0, 0.1) is 5.92 Å². The van der Waals surface area contributed by atoms with E-state index in [1.807, 2.05) is 6.92 Å². The van der Waals surface area contributed by atoms with Crippen molar-refractivity contribution in [3.63, 3.8) is 0 Å². The average Bonchev–Trinajstić information content (AvgIpc) is 2.12. The summed E-state index contributed by atoms with van der Waals surface area (Å²) in [5.41, 5.74) is 0. The Morgan fingerprint density at radius 3 is 2.42 bits per heavy atom. The number of nitrogens with zero attached hydrogens (tertiary/aromatic N) is 1. The zero-order chi connectivity index (χ0) is 9.56. The third-order valence-corrected chi connectivity index (χ3v) is 2.31. The molecule has 0 fully saturated rings. The highest BCUT2D eigenvalue weighted by molar-refractivity contribution is 6.27. The zero-order valence-corrected chi connectivity index (χ0v) is 8.90. The quantitative estimate of drug-likeness (QED) is 0.610. The van der Waals surface area contributed by atoms with E-state index in [1.165, 1.54) is 0 Å². The molecule has 72 valence electrons. The van der Waals surface area contributed by atoms with Gasteiger partial charge < -0.3 is 4.90 Å². The van der Waals surface area contributed by atoms with E-state index in [0.717, 1.165) is 19.5 Å². The lowest BCUT2D eigenvalue weighted by molar-refractivity contribution is -0.128. The largest absolute Gasteiger partial charge is 0.342 e. The van der Waals surface area contributed by atoms with Gasteiger partial charge in [-0.3, -0.25) is 4.79 Å². The van der Waals surface area contributed by atoms with Crippen LogP contribution in [0.25, 0.3) is 0 Å². The Kier molecular flexibility index (Phi) is 6.17. The van der Waals surface area contributed by atoms with Gasteiger partial charge in [0.15, 0.2) is 0 Å². The van der Waals surface area contributed by atoms with Gasteiger partial charge in [-0.15, -0.1) is 11.6 Å². The van der Waals surface area contributed by atoms with Gasteiger partial charge in [-0.25, -0.2) is 0 Å². The number of hydrogen-bond donors (Lipinski definition) is 0. The molecule has 0 bridgehead atoms. The van der Waals surface area contributed by atoms with Gasteiger partial charge in [0.25, 0.3) is 0 Å².